The summed E-state index contributed by atoms with van der Waals surface area (Å²) < 4.78 is 3.94. The van der Waals surface area contributed by atoms with Crippen LogP contribution in [0.5, 0.6) is 0 Å². The Labute approximate surface area is 101 Å². The lowest BCUT2D eigenvalue weighted by Gasteiger charge is -2.13. The molecule has 2 rings (SSSR count). The molecule has 0 aliphatic rings. The van der Waals surface area contributed by atoms with E-state index in [-0.39, 0.29) is 6.04 Å². The zero-order valence-corrected chi connectivity index (χ0v) is 10.8. The van der Waals surface area contributed by atoms with Crippen LogP contribution >= 0.6 is 0 Å². The number of aryl methyl sites for hydroxylation is 3. The van der Waals surface area contributed by atoms with Crippen LogP contribution in [0.4, 0.5) is 0 Å². The zero-order valence-electron chi connectivity index (χ0n) is 10.8. The monoisotopic (exact) mass is 233 g/mol. The number of imidazole rings is 1. The number of nitrogens with zero attached hydrogens (tertiary/aromatic N) is 4. The van der Waals surface area contributed by atoms with E-state index in [0.29, 0.717) is 0 Å². The molecule has 2 aromatic heterocycles. The smallest absolute Gasteiger partial charge is 0.125 e. The van der Waals surface area contributed by atoms with Crippen LogP contribution in [0.15, 0.2) is 18.5 Å². The van der Waals surface area contributed by atoms with E-state index in [1.165, 1.54) is 5.69 Å². The fourth-order valence-electron chi connectivity index (χ4n) is 1.97. The molecule has 1 N–H and O–H groups in total. The molecular weight excluding hydrogens is 214 g/mol. The molecule has 0 radical (unpaired) electrons. The zero-order chi connectivity index (χ0) is 12.4. The molecule has 0 saturated carbocycles. The predicted molar refractivity (Wildman–Crippen MR) is 66.4 cm³/mol. The van der Waals surface area contributed by atoms with E-state index in [2.05, 4.69) is 28.4 Å². The lowest BCUT2D eigenvalue weighted by Crippen LogP contribution is -2.22. The third-order valence-corrected chi connectivity index (χ3v) is 2.93. The molecule has 0 saturated heterocycles. The van der Waals surface area contributed by atoms with Crippen molar-refractivity contribution in [2.45, 2.75) is 26.4 Å². The second-order valence-electron chi connectivity index (χ2n) is 4.40. The van der Waals surface area contributed by atoms with Crippen LogP contribution in [0, 0.1) is 6.92 Å². The summed E-state index contributed by atoms with van der Waals surface area (Å²) in [6.45, 7) is 4.92. The SMILES string of the molecule is Cc1cc(CNC(C)c2nccn2C)n(C)n1. The van der Waals surface area contributed by atoms with Crippen LogP contribution in [-0.4, -0.2) is 19.3 Å². The first kappa shape index (κ1) is 11.9. The van der Waals surface area contributed by atoms with E-state index in [1.807, 2.05) is 42.7 Å². The van der Waals surface area contributed by atoms with Crippen molar-refractivity contribution in [3.63, 3.8) is 0 Å². The first-order valence-electron chi connectivity index (χ1n) is 5.78. The van der Waals surface area contributed by atoms with Gasteiger partial charge in [0.1, 0.15) is 5.82 Å². The summed E-state index contributed by atoms with van der Waals surface area (Å²) in [6, 6.07) is 2.32. The van der Waals surface area contributed by atoms with Crippen LogP contribution in [0.1, 0.15) is 30.2 Å². The van der Waals surface area contributed by atoms with E-state index >= 15 is 0 Å². The largest absolute Gasteiger partial charge is 0.337 e. The van der Waals surface area contributed by atoms with E-state index < -0.39 is 0 Å². The predicted octanol–water partition coefficient (Wildman–Crippen LogP) is 1.31. The lowest BCUT2D eigenvalue weighted by molar-refractivity contribution is 0.513. The maximum absolute atomic E-state index is 4.33. The van der Waals surface area contributed by atoms with Gasteiger partial charge in [0.15, 0.2) is 0 Å². The Morgan fingerprint density at radius 2 is 2.18 bits per heavy atom. The van der Waals surface area contributed by atoms with Gasteiger partial charge in [-0.3, -0.25) is 4.68 Å². The quantitative estimate of drug-likeness (QED) is 0.866. The van der Waals surface area contributed by atoms with Gasteiger partial charge in [-0.1, -0.05) is 0 Å². The standard InChI is InChI=1S/C12H19N5/c1-9-7-11(17(4)15-9)8-14-10(2)12-13-5-6-16(12)3/h5-7,10,14H,8H2,1-4H3. The van der Waals surface area contributed by atoms with E-state index in [1.54, 1.807) is 0 Å². The first-order valence-corrected chi connectivity index (χ1v) is 5.78. The third kappa shape index (κ3) is 2.55. The van der Waals surface area contributed by atoms with Gasteiger partial charge in [-0.2, -0.15) is 5.10 Å². The second kappa shape index (κ2) is 4.71. The Kier molecular flexibility index (Phi) is 3.28. The summed E-state index contributed by atoms with van der Waals surface area (Å²) in [6.07, 6.45) is 3.78. The van der Waals surface area contributed by atoms with Gasteiger partial charge in [0.2, 0.25) is 0 Å². The number of hydrogen-bond donors (Lipinski definition) is 1. The Balaban J connectivity index is 1.99. The molecule has 2 aromatic rings. The van der Waals surface area contributed by atoms with Gasteiger partial charge in [0, 0.05) is 33.0 Å². The second-order valence-corrected chi connectivity index (χ2v) is 4.40. The Morgan fingerprint density at radius 1 is 1.41 bits per heavy atom. The number of nitrogens with one attached hydrogen (secondary N) is 1. The molecule has 0 spiro atoms. The topological polar surface area (TPSA) is 47.7 Å². The van der Waals surface area contributed by atoms with Gasteiger partial charge < -0.3 is 9.88 Å². The maximum atomic E-state index is 4.33. The molecular formula is C12H19N5. The molecule has 5 nitrogen and oxygen atoms in total. The molecule has 5 heteroatoms. The van der Waals surface area contributed by atoms with Crippen molar-refractivity contribution in [1.82, 2.24) is 24.6 Å². The minimum absolute atomic E-state index is 0.227. The number of aromatic nitrogens is 4. The van der Waals surface area contributed by atoms with E-state index in [4.69, 9.17) is 0 Å². The van der Waals surface area contributed by atoms with Gasteiger partial charge in [-0.15, -0.1) is 0 Å². The van der Waals surface area contributed by atoms with Crippen molar-refractivity contribution < 1.29 is 0 Å². The minimum atomic E-state index is 0.227. The highest BCUT2D eigenvalue weighted by atomic mass is 15.3. The average molecular weight is 233 g/mol. The molecule has 1 atom stereocenters. The Hall–Kier alpha value is -1.62. The molecule has 0 aliphatic heterocycles. The summed E-state index contributed by atoms with van der Waals surface area (Å²) in [5, 5.41) is 7.78. The van der Waals surface area contributed by atoms with Crippen LogP contribution < -0.4 is 5.32 Å². The van der Waals surface area contributed by atoms with Crippen molar-refractivity contribution in [1.29, 1.82) is 0 Å². The summed E-state index contributed by atoms with van der Waals surface area (Å²) in [5.74, 6) is 1.05. The highest BCUT2D eigenvalue weighted by Gasteiger charge is 2.10. The minimum Gasteiger partial charge on any atom is -0.337 e. The van der Waals surface area contributed by atoms with Crippen molar-refractivity contribution in [3.8, 4) is 0 Å². The molecule has 17 heavy (non-hydrogen) atoms. The number of hydrogen-bond acceptors (Lipinski definition) is 3. The number of rotatable bonds is 4. The van der Waals surface area contributed by atoms with Gasteiger partial charge in [0.05, 0.1) is 17.4 Å². The summed E-state index contributed by atoms with van der Waals surface area (Å²) in [7, 11) is 3.98. The van der Waals surface area contributed by atoms with Crippen molar-refractivity contribution in [2.75, 3.05) is 0 Å². The molecule has 0 aliphatic carbocycles. The summed E-state index contributed by atoms with van der Waals surface area (Å²) in [4.78, 5) is 4.33. The Bertz CT molecular complexity index is 497. The van der Waals surface area contributed by atoms with Gasteiger partial charge in [0.25, 0.3) is 0 Å². The first-order chi connectivity index (χ1) is 8.08. The molecule has 0 bridgehead atoms. The van der Waals surface area contributed by atoms with Crippen molar-refractivity contribution in [3.05, 3.63) is 35.7 Å². The van der Waals surface area contributed by atoms with E-state index in [9.17, 15) is 0 Å². The van der Waals surface area contributed by atoms with Crippen LogP contribution in [0.25, 0.3) is 0 Å². The van der Waals surface area contributed by atoms with Gasteiger partial charge in [-0.25, -0.2) is 4.98 Å². The fraction of sp³-hybridized carbons (Fsp3) is 0.500. The van der Waals surface area contributed by atoms with Crippen molar-refractivity contribution in [2.24, 2.45) is 14.1 Å². The fourth-order valence-corrected chi connectivity index (χ4v) is 1.97. The molecule has 2 heterocycles. The van der Waals surface area contributed by atoms with Crippen LogP contribution in [0.2, 0.25) is 0 Å². The van der Waals surface area contributed by atoms with Gasteiger partial charge in [-0.05, 0) is 19.9 Å². The van der Waals surface area contributed by atoms with E-state index in [0.717, 1.165) is 18.1 Å². The molecule has 0 amide bonds. The lowest BCUT2D eigenvalue weighted by atomic mass is 10.3. The van der Waals surface area contributed by atoms with Crippen LogP contribution in [-0.2, 0) is 20.6 Å². The molecule has 0 aromatic carbocycles. The molecule has 1 unspecified atom stereocenters. The molecule has 0 fully saturated rings. The average Bonchev–Trinajstić information content (AvgIpc) is 2.81. The van der Waals surface area contributed by atoms with Crippen molar-refractivity contribution >= 4 is 0 Å². The van der Waals surface area contributed by atoms with Crippen LogP contribution in [0.3, 0.4) is 0 Å². The molecule has 92 valence electrons. The Morgan fingerprint density at radius 3 is 2.71 bits per heavy atom. The highest BCUT2D eigenvalue weighted by Crippen LogP contribution is 2.10. The summed E-state index contributed by atoms with van der Waals surface area (Å²) in [5.41, 5.74) is 2.23. The highest BCUT2D eigenvalue weighted by molar-refractivity contribution is 5.09. The van der Waals surface area contributed by atoms with Gasteiger partial charge >= 0.3 is 0 Å². The normalized spacial score (nSPS) is 12.9. The maximum Gasteiger partial charge on any atom is 0.125 e. The third-order valence-electron chi connectivity index (χ3n) is 2.93. The summed E-state index contributed by atoms with van der Waals surface area (Å²) >= 11 is 0.